The number of ether oxygens (including phenoxy) is 2. The molecule has 2 aliphatic rings. The molecule has 0 radical (unpaired) electrons. The van der Waals surface area contributed by atoms with Crippen LogP contribution in [0.4, 0.5) is 11.4 Å². The molecule has 2 fully saturated rings. The molecule has 0 spiro atoms. The van der Waals surface area contributed by atoms with Gasteiger partial charge in [0.2, 0.25) is 11.8 Å². The topological polar surface area (TPSA) is 115 Å². The average Bonchev–Trinajstić information content (AvgIpc) is 3.50. The van der Waals surface area contributed by atoms with Gasteiger partial charge in [-0.25, -0.2) is 9.78 Å². The third kappa shape index (κ3) is 5.48. The lowest BCUT2D eigenvalue weighted by atomic mass is 10.0. The van der Waals surface area contributed by atoms with Crippen molar-refractivity contribution in [2.24, 2.45) is 5.92 Å². The Labute approximate surface area is 211 Å². The molecule has 0 saturated carbocycles. The molecule has 0 aromatic carbocycles. The van der Waals surface area contributed by atoms with Gasteiger partial charge < -0.3 is 29.6 Å². The third-order valence-electron chi connectivity index (χ3n) is 7.31. The van der Waals surface area contributed by atoms with Gasteiger partial charge in [0, 0.05) is 44.0 Å². The van der Waals surface area contributed by atoms with Gasteiger partial charge in [0.25, 0.3) is 0 Å². The van der Waals surface area contributed by atoms with Gasteiger partial charge in [0.15, 0.2) is 5.69 Å². The highest BCUT2D eigenvalue weighted by atomic mass is 16.5. The summed E-state index contributed by atoms with van der Waals surface area (Å²) in [7, 11) is 1.34. The van der Waals surface area contributed by atoms with Crippen molar-refractivity contribution in [3.63, 3.8) is 0 Å². The molecule has 4 heterocycles. The third-order valence-corrected chi connectivity index (χ3v) is 7.31. The molecule has 2 N–H and O–H groups in total. The molecule has 2 aromatic rings. The quantitative estimate of drug-likeness (QED) is 0.535. The lowest BCUT2D eigenvalue weighted by Crippen LogP contribution is -2.41. The second kappa shape index (κ2) is 11.3. The molecule has 2 aromatic heterocycles. The van der Waals surface area contributed by atoms with Gasteiger partial charge in [0.1, 0.15) is 5.65 Å². The summed E-state index contributed by atoms with van der Waals surface area (Å²) >= 11 is 0. The molecule has 0 aliphatic carbocycles. The van der Waals surface area contributed by atoms with Crippen LogP contribution in [0, 0.1) is 5.92 Å². The fourth-order valence-electron chi connectivity index (χ4n) is 4.92. The van der Waals surface area contributed by atoms with Gasteiger partial charge in [-0.3, -0.25) is 9.59 Å². The van der Waals surface area contributed by atoms with E-state index in [1.54, 1.807) is 13.1 Å². The smallest absolute Gasteiger partial charge is 0.356 e. The van der Waals surface area contributed by atoms with Crippen molar-refractivity contribution in [2.75, 3.05) is 37.4 Å². The molecule has 2 atom stereocenters. The maximum atomic E-state index is 13.0. The Morgan fingerprint density at radius 3 is 2.61 bits per heavy atom. The fourth-order valence-corrected chi connectivity index (χ4v) is 4.92. The lowest BCUT2D eigenvalue weighted by molar-refractivity contribution is -0.129. The first kappa shape index (κ1) is 25.9. The number of carbonyl (C=O) groups is 3. The minimum absolute atomic E-state index is 0.0341. The number of aromatic nitrogens is 2. The fraction of sp³-hybridized carbons (Fsp3) is 0.615. The van der Waals surface area contributed by atoms with E-state index in [4.69, 9.17) is 14.5 Å². The number of rotatable bonds is 8. The Morgan fingerprint density at radius 1 is 1.25 bits per heavy atom. The van der Waals surface area contributed by atoms with Crippen LogP contribution in [-0.4, -0.2) is 71.2 Å². The zero-order valence-electron chi connectivity index (χ0n) is 21.6. The monoisotopic (exact) mass is 499 g/mol. The number of pyridine rings is 1. The predicted octanol–water partition coefficient (Wildman–Crippen LogP) is 3.41. The summed E-state index contributed by atoms with van der Waals surface area (Å²) in [5, 5.41) is 7.21. The van der Waals surface area contributed by atoms with Gasteiger partial charge in [-0.1, -0.05) is 13.8 Å². The molecule has 10 heteroatoms. The Hall–Kier alpha value is -3.14. The van der Waals surface area contributed by atoms with Crippen LogP contribution in [0.2, 0.25) is 0 Å². The van der Waals surface area contributed by atoms with Crippen LogP contribution >= 0.6 is 0 Å². The molecule has 2 aliphatic heterocycles. The summed E-state index contributed by atoms with van der Waals surface area (Å²) in [5.41, 5.74) is 2.09. The summed E-state index contributed by atoms with van der Waals surface area (Å²) < 4.78 is 12.8. The highest BCUT2D eigenvalue weighted by Crippen LogP contribution is 2.34. The minimum Gasteiger partial charge on any atom is -0.464 e. The maximum absolute atomic E-state index is 13.0. The first-order chi connectivity index (χ1) is 17.3. The van der Waals surface area contributed by atoms with Crippen LogP contribution in [0.1, 0.15) is 63.4 Å². The number of carbonyl (C=O) groups excluding carboxylic acids is 3. The van der Waals surface area contributed by atoms with Gasteiger partial charge in [-0.15, -0.1) is 0 Å². The van der Waals surface area contributed by atoms with Crippen LogP contribution in [-0.2, 0) is 25.6 Å². The number of esters is 1. The van der Waals surface area contributed by atoms with Gasteiger partial charge in [-0.05, 0) is 38.2 Å². The molecule has 2 saturated heterocycles. The lowest BCUT2D eigenvalue weighted by Gasteiger charge is -2.32. The van der Waals surface area contributed by atoms with Crippen LogP contribution in [0.15, 0.2) is 12.3 Å². The van der Waals surface area contributed by atoms with E-state index >= 15 is 0 Å². The molecule has 0 bridgehead atoms. The van der Waals surface area contributed by atoms with E-state index in [-0.39, 0.29) is 35.6 Å². The number of fused-ring (bicyclic) bond motifs is 1. The first-order valence-electron chi connectivity index (χ1n) is 12.9. The number of hydrogen-bond acceptors (Lipinski definition) is 7. The van der Waals surface area contributed by atoms with Crippen LogP contribution in [0.3, 0.4) is 0 Å². The first-order valence-corrected chi connectivity index (χ1v) is 12.9. The average molecular weight is 500 g/mol. The Morgan fingerprint density at radius 2 is 2.00 bits per heavy atom. The van der Waals surface area contributed by atoms with Gasteiger partial charge in [-0.2, -0.15) is 0 Å². The van der Waals surface area contributed by atoms with Crippen molar-refractivity contribution in [1.29, 1.82) is 0 Å². The van der Waals surface area contributed by atoms with Crippen molar-refractivity contribution >= 4 is 40.2 Å². The van der Waals surface area contributed by atoms with Gasteiger partial charge >= 0.3 is 5.97 Å². The Kier molecular flexibility index (Phi) is 8.13. The van der Waals surface area contributed by atoms with Crippen LogP contribution < -0.4 is 10.6 Å². The van der Waals surface area contributed by atoms with E-state index in [1.165, 1.54) is 7.11 Å². The van der Waals surface area contributed by atoms with Crippen molar-refractivity contribution < 1.29 is 23.9 Å². The van der Waals surface area contributed by atoms with Crippen LogP contribution in [0.25, 0.3) is 11.0 Å². The number of amides is 2. The van der Waals surface area contributed by atoms with E-state index < -0.39 is 5.97 Å². The Bertz CT molecular complexity index is 1120. The molecular formula is C26H37N5O5. The van der Waals surface area contributed by atoms with Crippen molar-refractivity contribution in [2.45, 2.75) is 71.6 Å². The zero-order chi connectivity index (χ0) is 25.8. The van der Waals surface area contributed by atoms with E-state index in [1.807, 2.05) is 29.4 Å². The molecule has 2 unspecified atom stereocenters. The van der Waals surface area contributed by atoms with E-state index in [9.17, 15) is 14.4 Å². The second-order valence-corrected chi connectivity index (χ2v) is 9.78. The normalized spacial score (nSPS) is 19.3. The number of likely N-dealkylation sites (tertiary alicyclic amines) is 1. The number of hydrogen-bond donors (Lipinski definition) is 2. The summed E-state index contributed by atoms with van der Waals surface area (Å²) in [6.07, 6.45) is 5.94. The summed E-state index contributed by atoms with van der Waals surface area (Å²) in [6.45, 7) is 7.97. The summed E-state index contributed by atoms with van der Waals surface area (Å²) in [5.74, 6) is -0.806. The number of nitrogens with one attached hydrogen (secondary N) is 2. The molecule has 4 rings (SSSR count). The number of methoxy groups -OCH3 is 1. The largest absolute Gasteiger partial charge is 0.464 e. The standard InChI is InChI=1S/C26H37N5O5/c1-5-16(2)25(33)29-22-21-13-19(28-18-8-10-30(11-9-18)17(3)32)14-27-24(21)31(23(22)26(34)35-4)15-20-7-6-12-36-20/h13-14,16,18,20,28H,5-12,15H2,1-4H3,(H,29,33). The highest BCUT2D eigenvalue weighted by molar-refractivity contribution is 6.11. The predicted molar refractivity (Wildman–Crippen MR) is 137 cm³/mol. The number of nitrogens with zero attached hydrogens (tertiary/aromatic N) is 3. The molecule has 196 valence electrons. The van der Waals surface area contributed by atoms with Crippen molar-refractivity contribution in [3.8, 4) is 0 Å². The SMILES string of the molecule is CCC(C)C(=O)Nc1c(C(=O)OC)n(CC2CCCO2)c2ncc(NC3CCN(C(C)=O)CC3)cc12. The second-order valence-electron chi connectivity index (χ2n) is 9.78. The van der Waals surface area contributed by atoms with E-state index in [2.05, 4.69) is 10.6 Å². The highest BCUT2D eigenvalue weighted by Gasteiger charge is 2.30. The Balaban J connectivity index is 1.71. The van der Waals surface area contributed by atoms with E-state index in [0.717, 1.165) is 31.4 Å². The number of anilines is 2. The van der Waals surface area contributed by atoms with Crippen LogP contribution in [0.5, 0.6) is 0 Å². The molecule has 36 heavy (non-hydrogen) atoms. The number of piperidine rings is 1. The zero-order valence-corrected chi connectivity index (χ0v) is 21.6. The maximum Gasteiger partial charge on any atom is 0.356 e. The van der Waals surface area contributed by atoms with E-state index in [0.29, 0.717) is 49.4 Å². The minimum atomic E-state index is -0.531. The summed E-state index contributed by atoms with van der Waals surface area (Å²) in [4.78, 5) is 44.2. The molecular weight excluding hydrogens is 462 g/mol. The van der Waals surface area contributed by atoms with Crippen molar-refractivity contribution in [3.05, 3.63) is 18.0 Å². The molecule has 10 nitrogen and oxygen atoms in total. The van der Waals surface area contributed by atoms with Crippen molar-refractivity contribution in [1.82, 2.24) is 14.5 Å². The van der Waals surface area contributed by atoms with Gasteiger partial charge in [0.05, 0.1) is 37.3 Å². The molecule has 2 amide bonds. The summed E-state index contributed by atoms with van der Waals surface area (Å²) in [6, 6.07) is 2.14.